The SMILES string of the molecule is COc1ccc(CN(C(=O)CCc2nc3ccccc3n2-c2ccccc2)C2CC2)cc1. The molecule has 1 aliphatic rings. The summed E-state index contributed by atoms with van der Waals surface area (Å²) in [5.41, 5.74) is 4.22. The fourth-order valence-electron chi connectivity index (χ4n) is 4.21. The predicted octanol–water partition coefficient (Wildman–Crippen LogP) is 5.16. The second kappa shape index (κ2) is 8.87. The van der Waals surface area contributed by atoms with Gasteiger partial charge >= 0.3 is 0 Å². The molecule has 1 saturated carbocycles. The van der Waals surface area contributed by atoms with Crippen molar-refractivity contribution in [2.75, 3.05) is 7.11 Å². The quantitative estimate of drug-likeness (QED) is 0.392. The minimum absolute atomic E-state index is 0.190. The van der Waals surface area contributed by atoms with Crippen LogP contribution in [-0.2, 0) is 17.8 Å². The molecule has 1 aromatic heterocycles. The van der Waals surface area contributed by atoms with E-state index in [2.05, 4.69) is 22.8 Å². The zero-order chi connectivity index (χ0) is 21.9. The van der Waals surface area contributed by atoms with Gasteiger partial charge in [-0.3, -0.25) is 9.36 Å². The number of imidazole rings is 1. The molecule has 5 nitrogen and oxygen atoms in total. The molecule has 0 aliphatic heterocycles. The van der Waals surface area contributed by atoms with Crippen LogP contribution in [0.15, 0.2) is 78.9 Å². The number of amides is 1. The summed E-state index contributed by atoms with van der Waals surface area (Å²) in [7, 11) is 1.66. The number of hydrogen-bond acceptors (Lipinski definition) is 3. The van der Waals surface area contributed by atoms with Crippen LogP contribution in [0.25, 0.3) is 16.7 Å². The summed E-state index contributed by atoms with van der Waals surface area (Å²) in [5, 5.41) is 0. The summed E-state index contributed by atoms with van der Waals surface area (Å²) in [4.78, 5) is 20.2. The first-order valence-corrected chi connectivity index (χ1v) is 11.2. The average Bonchev–Trinajstić information content (AvgIpc) is 3.61. The maximum absolute atomic E-state index is 13.3. The zero-order valence-corrected chi connectivity index (χ0v) is 18.3. The van der Waals surface area contributed by atoms with Gasteiger partial charge < -0.3 is 9.64 Å². The van der Waals surface area contributed by atoms with Crippen LogP contribution in [0.5, 0.6) is 5.75 Å². The van der Waals surface area contributed by atoms with E-state index in [1.807, 2.05) is 65.6 Å². The van der Waals surface area contributed by atoms with E-state index in [0.29, 0.717) is 25.4 Å². The molecule has 0 radical (unpaired) electrons. The number of carbonyl (C=O) groups excluding carboxylic acids is 1. The molecule has 5 heteroatoms. The molecule has 3 aromatic carbocycles. The molecule has 5 rings (SSSR count). The van der Waals surface area contributed by atoms with Crippen molar-refractivity contribution in [1.29, 1.82) is 0 Å². The Hall–Kier alpha value is -3.60. The summed E-state index contributed by atoms with van der Waals surface area (Å²) < 4.78 is 7.43. The number of aromatic nitrogens is 2. The molecule has 0 unspecified atom stereocenters. The molecular formula is C27H27N3O2. The number of nitrogens with zero attached hydrogens (tertiary/aromatic N) is 3. The van der Waals surface area contributed by atoms with Gasteiger partial charge in [0.25, 0.3) is 0 Å². The Kier molecular flexibility index (Phi) is 5.63. The molecule has 0 bridgehead atoms. The standard InChI is InChI=1S/C27H27N3O2/c1-32-23-15-11-20(12-16-23)19-29(21-13-14-21)27(31)18-17-26-28-24-9-5-6-10-25(24)30(26)22-7-3-2-4-8-22/h2-12,15-16,21H,13-14,17-19H2,1H3. The third kappa shape index (κ3) is 4.24. The van der Waals surface area contributed by atoms with Crippen LogP contribution in [0.3, 0.4) is 0 Å². The number of para-hydroxylation sites is 3. The summed E-state index contributed by atoms with van der Waals surface area (Å²) in [6.45, 7) is 0.641. The predicted molar refractivity (Wildman–Crippen MR) is 126 cm³/mol. The maximum atomic E-state index is 13.3. The first-order chi connectivity index (χ1) is 15.7. The van der Waals surface area contributed by atoms with E-state index in [1.54, 1.807) is 7.11 Å². The molecule has 32 heavy (non-hydrogen) atoms. The third-order valence-electron chi connectivity index (χ3n) is 6.03. The van der Waals surface area contributed by atoms with E-state index in [4.69, 9.17) is 9.72 Å². The van der Waals surface area contributed by atoms with Crippen molar-refractivity contribution in [2.24, 2.45) is 0 Å². The molecule has 4 aromatic rings. The summed E-state index contributed by atoms with van der Waals surface area (Å²) in [6, 6.07) is 26.7. The number of hydrogen-bond donors (Lipinski definition) is 0. The van der Waals surface area contributed by atoms with E-state index >= 15 is 0 Å². The van der Waals surface area contributed by atoms with Gasteiger partial charge in [0, 0.05) is 31.1 Å². The Morgan fingerprint density at radius 2 is 1.72 bits per heavy atom. The summed E-state index contributed by atoms with van der Waals surface area (Å²) in [6.07, 6.45) is 3.23. The van der Waals surface area contributed by atoms with Crippen LogP contribution in [-0.4, -0.2) is 33.5 Å². The van der Waals surface area contributed by atoms with E-state index < -0.39 is 0 Å². The highest BCUT2D eigenvalue weighted by atomic mass is 16.5. The summed E-state index contributed by atoms with van der Waals surface area (Å²) in [5.74, 6) is 1.94. The van der Waals surface area contributed by atoms with Gasteiger partial charge in [-0.2, -0.15) is 0 Å². The zero-order valence-electron chi connectivity index (χ0n) is 18.3. The minimum Gasteiger partial charge on any atom is -0.497 e. The number of fused-ring (bicyclic) bond motifs is 1. The highest BCUT2D eigenvalue weighted by Crippen LogP contribution is 2.30. The van der Waals surface area contributed by atoms with E-state index in [0.717, 1.165) is 46.7 Å². The first kappa shape index (κ1) is 20.3. The Morgan fingerprint density at radius 1 is 1.00 bits per heavy atom. The van der Waals surface area contributed by atoms with Gasteiger partial charge in [-0.25, -0.2) is 4.98 Å². The molecule has 1 amide bonds. The molecule has 1 fully saturated rings. The Bertz CT molecular complexity index is 1210. The van der Waals surface area contributed by atoms with Crippen LogP contribution in [0.4, 0.5) is 0 Å². The van der Waals surface area contributed by atoms with Crippen LogP contribution >= 0.6 is 0 Å². The van der Waals surface area contributed by atoms with Gasteiger partial charge in [0.2, 0.25) is 5.91 Å². The smallest absolute Gasteiger partial charge is 0.223 e. The largest absolute Gasteiger partial charge is 0.497 e. The van der Waals surface area contributed by atoms with Gasteiger partial charge in [0.05, 0.1) is 18.1 Å². The third-order valence-corrected chi connectivity index (χ3v) is 6.03. The van der Waals surface area contributed by atoms with Crippen molar-refractivity contribution in [3.63, 3.8) is 0 Å². The van der Waals surface area contributed by atoms with Crippen molar-refractivity contribution < 1.29 is 9.53 Å². The van der Waals surface area contributed by atoms with Crippen molar-refractivity contribution in [3.8, 4) is 11.4 Å². The lowest BCUT2D eigenvalue weighted by Gasteiger charge is -2.23. The molecular weight excluding hydrogens is 398 g/mol. The Morgan fingerprint density at radius 3 is 2.44 bits per heavy atom. The van der Waals surface area contributed by atoms with Crippen LogP contribution in [0.2, 0.25) is 0 Å². The molecule has 1 aliphatic carbocycles. The molecule has 162 valence electrons. The second-order valence-corrected chi connectivity index (χ2v) is 8.29. The highest BCUT2D eigenvalue weighted by Gasteiger charge is 2.32. The second-order valence-electron chi connectivity index (χ2n) is 8.29. The maximum Gasteiger partial charge on any atom is 0.223 e. The fraction of sp³-hybridized carbons (Fsp3) is 0.259. The average molecular weight is 426 g/mol. The van der Waals surface area contributed by atoms with E-state index in [-0.39, 0.29) is 5.91 Å². The fourth-order valence-corrected chi connectivity index (χ4v) is 4.21. The lowest BCUT2D eigenvalue weighted by Crippen LogP contribution is -2.32. The Balaban J connectivity index is 1.36. The van der Waals surface area contributed by atoms with Gasteiger partial charge in [-0.05, 0) is 54.8 Å². The monoisotopic (exact) mass is 425 g/mol. The molecule has 0 atom stereocenters. The normalized spacial score (nSPS) is 13.3. The minimum atomic E-state index is 0.190. The first-order valence-electron chi connectivity index (χ1n) is 11.2. The van der Waals surface area contributed by atoms with Crippen LogP contribution in [0.1, 0.15) is 30.7 Å². The Labute approximate surface area is 188 Å². The van der Waals surface area contributed by atoms with Crippen molar-refractivity contribution in [1.82, 2.24) is 14.5 Å². The van der Waals surface area contributed by atoms with Gasteiger partial charge in [-0.15, -0.1) is 0 Å². The van der Waals surface area contributed by atoms with Crippen LogP contribution < -0.4 is 4.74 Å². The van der Waals surface area contributed by atoms with Crippen molar-refractivity contribution >= 4 is 16.9 Å². The van der Waals surface area contributed by atoms with Gasteiger partial charge in [0.1, 0.15) is 11.6 Å². The topological polar surface area (TPSA) is 47.4 Å². The lowest BCUT2D eigenvalue weighted by molar-refractivity contribution is -0.132. The number of ether oxygens (including phenoxy) is 1. The van der Waals surface area contributed by atoms with Crippen molar-refractivity contribution in [2.45, 2.75) is 38.3 Å². The van der Waals surface area contributed by atoms with E-state index in [9.17, 15) is 4.79 Å². The van der Waals surface area contributed by atoms with E-state index in [1.165, 1.54) is 0 Å². The number of carbonyl (C=O) groups is 1. The molecule has 1 heterocycles. The van der Waals surface area contributed by atoms with Gasteiger partial charge in [0.15, 0.2) is 0 Å². The molecule has 0 N–H and O–H groups in total. The highest BCUT2D eigenvalue weighted by molar-refractivity contribution is 5.79. The lowest BCUT2D eigenvalue weighted by atomic mass is 10.1. The van der Waals surface area contributed by atoms with Crippen LogP contribution in [0, 0.1) is 0 Å². The number of methoxy groups -OCH3 is 1. The van der Waals surface area contributed by atoms with Crippen molar-refractivity contribution in [3.05, 3.63) is 90.3 Å². The molecule has 0 spiro atoms. The van der Waals surface area contributed by atoms with Gasteiger partial charge in [-0.1, -0.05) is 42.5 Å². The number of rotatable bonds is 8. The number of aryl methyl sites for hydroxylation is 1. The molecule has 0 saturated heterocycles. The number of benzene rings is 3. The summed E-state index contributed by atoms with van der Waals surface area (Å²) >= 11 is 0.